The van der Waals surface area contributed by atoms with E-state index >= 15 is 0 Å². The van der Waals surface area contributed by atoms with Crippen molar-refractivity contribution in [3.8, 4) is 11.8 Å². The third-order valence-corrected chi connectivity index (χ3v) is 7.74. The molecule has 3 aromatic carbocycles. The molecule has 1 fully saturated rings. The minimum absolute atomic E-state index is 0.191. The van der Waals surface area contributed by atoms with Crippen molar-refractivity contribution in [2.75, 3.05) is 38.2 Å². The van der Waals surface area contributed by atoms with E-state index < -0.39 is 24.2 Å². The molecular weight excluding hydrogens is 580 g/mol. The molecule has 1 saturated heterocycles. The van der Waals surface area contributed by atoms with Gasteiger partial charge in [0.2, 0.25) is 5.91 Å². The van der Waals surface area contributed by atoms with Crippen molar-refractivity contribution < 1.29 is 24.6 Å². The first-order chi connectivity index (χ1) is 21.3. The molecule has 0 saturated carbocycles. The second-order valence-corrected chi connectivity index (χ2v) is 11.2. The van der Waals surface area contributed by atoms with Gasteiger partial charge >= 0.3 is 0 Å². The molecule has 0 aliphatic carbocycles. The van der Waals surface area contributed by atoms with Gasteiger partial charge in [-0.3, -0.25) is 14.4 Å². The van der Waals surface area contributed by atoms with E-state index in [9.17, 15) is 19.8 Å². The van der Waals surface area contributed by atoms with Crippen LogP contribution in [0.2, 0.25) is 5.02 Å². The van der Waals surface area contributed by atoms with Crippen LogP contribution in [0.15, 0.2) is 78.9 Å². The molecule has 232 valence electrons. The highest BCUT2D eigenvalue weighted by molar-refractivity contribution is 6.30. The van der Waals surface area contributed by atoms with Gasteiger partial charge in [-0.15, -0.1) is 0 Å². The summed E-state index contributed by atoms with van der Waals surface area (Å²) in [5.41, 5.74) is 3.19. The lowest BCUT2D eigenvalue weighted by Gasteiger charge is -2.26. The highest BCUT2D eigenvalue weighted by atomic mass is 35.5. The molecule has 0 spiro atoms. The molecule has 1 heterocycles. The first kappa shape index (κ1) is 33.0. The zero-order chi connectivity index (χ0) is 31.5. The van der Waals surface area contributed by atoms with Gasteiger partial charge in [0.25, 0.3) is 5.91 Å². The number of nitrogens with zero attached hydrogens (tertiary/aromatic N) is 2. The molecule has 0 unspecified atom stereocenters. The SMILES string of the molecule is C[C@@H](O)[C@H]1[C@@H](CO)ON(Cc2cccc(C#CCNC(=O)c3ccccc3)c2)[C@H]1C(=O)NCCCN(C)c1ccc(Cl)cc1. The van der Waals surface area contributed by atoms with Crippen molar-refractivity contribution in [3.05, 3.63) is 101 Å². The molecule has 1 aliphatic rings. The van der Waals surface area contributed by atoms with Crippen LogP contribution in [0.1, 0.15) is 34.8 Å². The van der Waals surface area contributed by atoms with Crippen molar-refractivity contribution in [1.29, 1.82) is 0 Å². The first-order valence-corrected chi connectivity index (χ1v) is 15.0. The number of hydroxylamine groups is 2. The Morgan fingerprint density at radius 1 is 1.07 bits per heavy atom. The lowest BCUT2D eigenvalue weighted by Crippen LogP contribution is -2.49. The molecule has 0 radical (unpaired) electrons. The van der Waals surface area contributed by atoms with Crippen molar-refractivity contribution in [3.63, 3.8) is 0 Å². The third-order valence-electron chi connectivity index (χ3n) is 7.49. The van der Waals surface area contributed by atoms with Crippen LogP contribution < -0.4 is 15.5 Å². The van der Waals surface area contributed by atoms with E-state index in [1.807, 2.05) is 61.6 Å². The number of nitrogens with one attached hydrogen (secondary N) is 2. The summed E-state index contributed by atoms with van der Waals surface area (Å²) < 4.78 is 0. The topological polar surface area (TPSA) is 114 Å². The summed E-state index contributed by atoms with van der Waals surface area (Å²) in [6, 6.07) is 23.2. The Morgan fingerprint density at radius 2 is 1.82 bits per heavy atom. The Labute approximate surface area is 263 Å². The van der Waals surface area contributed by atoms with Crippen LogP contribution in [0.3, 0.4) is 0 Å². The zero-order valence-corrected chi connectivity index (χ0v) is 25.7. The van der Waals surface area contributed by atoms with E-state index in [0.29, 0.717) is 23.6 Å². The number of aliphatic hydroxyl groups excluding tert-OH is 2. The number of carbonyl (C=O) groups is 2. The highest BCUT2D eigenvalue weighted by Gasteiger charge is 2.49. The molecule has 1 aliphatic heterocycles. The molecule has 4 rings (SSSR count). The van der Waals surface area contributed by atoms with Crippen LogP contribution in [0.4, 0.5) is 5.69 Å². The van der Waals surface area contributed by atoms with Gasteiger partial charge in [0, 0.05) is 47.9 Å². The number of halogens is 1. The van der Waals surface area contributed by atoms with Crippen LogP contribution >= 0.6 is 11.6 Å². The maximum atomic E-state index is 13.5. The lowest BCUT2D eigenvalue weighted by molar-refractivity contribution is -0.181. The van der Waals surface area contributed by atoms with Gasteiger partial charge in [0.15, 0.2) is 0 Å². The van der Waals surface area contributed by atoms with Gasteiger partial charge in [-0.1, -0.05) is 53.8 Å². The normalized spacial score (nSPS) is 18.6. The fraction of sp³-hybridized carbons (Fsp3) is 0.353. The Kier molecular flexibility index (Phi) is 12.2. The molecule has 0 bridgehead atoms. The quantitative estimate of drug-likeness (QED) is 0.182. The maximum Gasteiger partial charge on any atom is 0.252 e. The van der Waals surface area contributed by atoms with E-state index in [1.54, 1.807) is 36.3 Å². The van der Waals surface area contributed by atoms with Crippen molar-refractivity contribution in [2.45, 2.75) is 38.1 Å². The Morgan fingerprint density at radius 3 is 2.52 bits per heavy atom. The second kappa shape index (κ2) is 16.2. The second-order valence-electron chi connectivity index (χ2n) is 10.8. The maximum absolute atomic E-state index is 13.5. The zero-order valence-electron chi connectivity index (χ0n) is 24.9. The summed E-state index contributed by atoms with van der Waals surface area (Å²) >= 11 is 5.99. The van der Waals surface area contributed by atoms with E-state index in [2.05, 4.69) is 27.4 Å². The van der Waals surface area contributed by atoms with E-state index in [-0.39, 0.29) is 31.5 Å². The van der Waals surface area contributed by atoms with Crippen LogP contribution in [0.25, 0.3) is 0 Å². The first-order valence-electron chi connectivity index (χ1n) is 14.6. The average molecular weight is 619 g/mol. The van der Waals surface area contributed by atoms with Crippen LogP contribution in [0, 0.1) is 17.8 Å². The number of hydrogen-bond acceptors (Lipinski definition) is 7. The average Bonchev–Trinajstić information content (AvgIpc) is 3.40. The monoisotopic (exact) mass is 618 g/mol. The Balaban J connectivity index is 1.36. The fourth-order valence-electron chi connectivity index (χ4n) is 5.22. The minimum atomic E-state index is -0.882. The van der Waals surface area contributed by atoms with Crippen molar-refractivity contribution in [1.82, 2.24) is 15.7 Å². The summed E-state index contributed by atoms with van der Waals surface area (Å²) in [7, 11) is 1.98. The van der Waals surface area contributed by atoms with Crippen molar-refractivity contribution in [2.24, 2.45) is 5.92 Å². The van der Waals surface area contributed by atoms with E-state index in [0.717, 1.165) is 23.4 Å². The van der Waals surface area contributed by atoms with Gasteiger partial charge in [0.1, 0.15) is 12.1 Å². The number of hydrogen-bond donors (Lipinski definition) is 4. The largest absolute Gasteiger partial charge is 0.394 e. The van der Waals surface area contributed by atoms with Gasteiger partial charge in [-0.05, 0) is 67.4 Å². The van der Waals surface area contributed by atoms with Crippen LogP contribution in [-0.4, -0.2) is 78.6 Å². The van der Waals surface area contributed by atoms with E-state index in [4.69, 9.17) is 16.4 Å². The number of amides is 2. The molecule has 0 aromatic heterocycles. The standard InChI is InChI=1S/C34H39ClN4O5/c1-24(41)31-30(23-40)44-39(32(31)34(43)37-19-8-20-38(2)29-16-14-28(35)15-17-29)22-26-10-6-9-25(21-26)11-7-18-36-33(42)27-12-4-3-5-13-27/h3-6,9-10,12-17,21,24,30-32,40-41H,8,18-20,22-23H2,1-2H3,(H,36,42)(H,37,43)/t24-,30-,31+,32-/m1/s1. The molecule has 10 heteroatoms. The summed E-state index contributed by atoms with van der Waals surface area (Å²) in [5.74, 6) is 4.95. The molecule has 44 heavy (non-hydrogen) atoms. The minimum Gasteiger partial charge on any atom is -0.394 e. The number of benzene rings is 3. The molecule has 4 atom stereocenters. The van der Waals surface area contributed by atoms with Crippen LogP contribution in [-0.2, 0) is 16.2 Å². The molecule has 4 N–H and O–H groups in total. The molecule has 2 amide bonds. The van der Waals surface area contributed by atoms with E-state index in [1.165, 1.54) is 0 Å². The summed E-state index contributed by atoms with van der Waals surface area (Å²) in [4.78, 5) is 33.8. The summed E-state index contributed by atoms with van der Waals surface area (Å²) in [6.45, 7) is 2.87. The van der Waals surface area contributed by atoms with Gasteiger partial charge < -0.3 is 25.7 Å². The predicted octanol–water partition coefficient (Wildman–Crippen LogP) is 3.24. The highest BCUT2D eigenvalue weighted by Crippen LogP contribution is 2.32. The molecule has 9 nitrogen and oxygen atoms in total. The van der Waals surface area contributed by atoms with Gasteiger partial charge in [-0.2, -0.15) is 5.06 Å². The predicted molar refractivity (Wildman–Crippen MR) is 171 cm³/mol. The number of aliphatic hydroxyl groups is 2. The number of anilines is 1. The number of carbonyl (C=O) groups excluding carboxylic acids is 2. The Bertz CT molecular complexity index is 1440. The number of rotatable bonds is 12. The fourth-order valence-corrected chi connectivity index (χ4v) is 5.35. The van der Waals surface area contributed by atoms with Gasteiger partial charge in [0.05, 0.1) is 25.8 Å². The molecular formula is C34H39ClN4O5. The summed E-state index contributed by atoms with van der Waals surface area (Å²) in [6.07, 6.45) is -0.904. The smallest absolute Gasteiger partial charge is 0.252 e. The Hall–Kier alpha value is -3.91. The lowest BCUT2D eigenvalue weighted by atomic mass is 9.89. The summed E-state index contributed by atoms with van der Waals surface area (Å²) in [5, 5.41) is 28.5. The van der Waals surface area contributed by atoms with Crippen LogP contribution in [0.5, 0.6) is 0 Å². The molecule has 3 aromatic rings. The van der Waals surface area contributed by atoms with Crippen molar-refractivity contribution >= 4 is 29.1 Å². The van der Waals surface area contributed by atoms with Gasteiger partial charge in [-0.25, -0.2) is 0 Å². The third kappa shape index (κ3) is 9.05.